The normalized spacial score (nSPS) is 10.6. The van der Waals surface area contributed by atoms with Gasteiger partial charge in [-0.3, -0.25) is 9.55 Å². The van der Waals surface area contributed by atoms with Crippen LogP contribution in [0.4, 0.5) is 10.5 Å². The summed E-state index contributed by atoms with van der Waals surface area (Å²) in [5, 5.41) is 4.15. The second-order valence-corrected chi connectivity index (χ2v) is 4.30. The van der Waals surface area contributed by atoms with Gasteiger partial charge in [-0.1, -0.05) is 11.6 Å². The van der Waals surface area contributed by atoms with Gasteiger partial charge < -0.3 is 5.32 Å². The Kier molecular flexibility index (Phi) is 2.89. The first kappa shape index (κ1) is 11.7. The van der Waals surface area contributed by atoms with Crippen LogP contribution in [0.15, 0.2) is 49.2 Å². The number of amides is 1. The van der Waals surface area contributed by atoms with Crippen LogP contribution in [0.25, 0.3) is 10.9 Å². The van der Waals surface area contributed by atoms with Crippen molar-refractivity contribution >= 4 is 34.2 Å². The summed E-state index contributed by atoms with van der Waals surface area (Å²) in [7, 11) is 0. The summed E-state index contributed by atoms with van der Waals surface area (Å²) in [4.78, 5) is 20.0. The Bertz CT molecular complexity index is 739. The Morgan fingerprint density at radius 3 is 2.95 bits per heavy atom. The van der Waals surface area contributed by atoms with E-state index in [-0.39, 0.29) is 6.03 Å². The zero-order valence-corrected chi connectivity index (χ0v) is 10.5. The Balaban J connectivity index is 2.02. The second kappa shape index (κ2) is 4.70. The Labute approximate surface area is 113 Å². The Morgan fingerprint density at radius 2 is 2.16 bits per heavy atom. The summed E-state index contributed by atoms with van der Waals surface area (Å²) < 4.78 is 1.36. The number of fused-ring (bicyclic) bond motifs is 1. The predicted molar refractivity (Wildman–Crippen MR) is 73.4 cm³/mol. The van der Waals surface area contributed by atoms with Gasteiger partial charge >= 0.3 is 6.03 Å². The van der Waals surface area contributed by atoms with E-state index in [1.165, 1.54) is 10.9 Å². The van der Waals surface area contributed by atoms with Crippen LogP contribution >= 0.6 is 11.6 Å². The lowest BCUT2D eigenvalue weighted by Gasteiger charge is -2.09. The molecule has 2 aromatic heterocycles. The first-order chi connectivity index (χ1) is 9.25. The lowest BCUT2D eigenvalue weighted by Crippen LogP contribution is -2.17. The van der Waals surface area contributed by atoms with E-state index in [0.29, 0.717) is 16.2 Å². The number of aromatic nitrogens is 3. The highest BCUT2D eigenvalue weighted by molar-refractivity contribution is 6.35. The molecule has 0 unspecified atom stereocenters. The van der Waals surface area contributed by atoms with E-state index >= 15 is 0 Å². The van der Waals surface area contributed by atoms with Crippen molar-refractivity contribution in [3.05, 3.63) is 54.2 Å². The molecule has 0 fully saturated rings. The largest absolute Gasteiger partial charge is 0.331 e. The summed E-state index contributed by atoms with van der Waals surface area (Å²) >= 11 is 6.07. The molecule has 3 aromatic rings. The minimum absolute atomic E-state index is 0.287. The van der Waals surface area contributed by atoms with Gasteiger partial charge in [0.1, 0.15) is 6.33 Å². The number of benzene rings is 1. The average molecular weight is 273 g/mol. The number of nitrogens with one attached hydrogen (secondary N) is 1. The van der Waals surface area contributed by atoms with Gasteiger partial charge in [-0.15, -0.1) is 0 Å². The molecule has 3 rings (SSSR count). The number of pyridine rings is 1. The number of hydrogen-bond acceptors (Lipinski definition) is 3. The van der Waals surface area contributed by atoms with E-state index < -0.39 is 0 Å². The molecule has 0 bridgehead atoms. The molecule has 0 atom stereocenters. The summed E-state index contributed by atoms with van der Waals surface area (Å²) in [6.45, 7) is 0. The third-order valence-corrected chi connectivity index (χ3v) is 3.01. The molecular weight excluding hydrogens is 264 g/mol. The van der Waals surface area contributed by atoms with Gasteiger partial charge in [0.05, 0.1) is 16.2 Å². The fraction of sp³-hybridized carbons (Fsp3) is 0. The lowest BCUT2D eigenvalue weighted by molar-refractivity contribution is 0.253. The van der Waals surface area contributed by atoms with E-state index in [1.54, 1.807) is 36.8 Å². The number of nitrogens with zero attached hydrogens (tertiary/aromatic N) is 3. The standard InChI is InChI=1S/C13H9ClN4O/c14-10-3-4-11(9-2-1-5-16-12(9)10)17-13(19)18-7-6-15-8-18/h1-8H,(H,17,19). The molecule has 0 saturated carbocycles. The molecule has 2 heterocycles. The molecule has 19 heavy (non-hydrogen) atoms. The summed E-state index contributed by atoms with van der Waals surface area (Å²) in [5.41, 5.74) is 1.32. The molecule has 6 heteroatoms. The Morgan fingerprint density at radius 1 is 1.26 bits per heavy atom. The summed E-state index contributed by atoms with van der Waals surface area (Å²) in [5.74, 6) is 0. The van der Waals surface area contributed by atoms with Crippen LogP contribution in [-0.2, 0) is 0 Å². The smallest absolute Gasteiger partial charge is 0.307 e. The van der Waals surface area contributed by atoms with Gasteiger partial charge in [0.2, 0.25) is 0 Å². The maximum absolute atomic E-state index is 12.0. The maximum Gasteiger partial charge on any atom is 0.331 e. The van der Waals surface area contributed by atoms with Crippen molar-refractivity contribution in [2.45, 2.75) is 0 Å². The van der Waals surface area contributed by atoms with E-state index in [2.05, 4.69) is 15.3 Å². The molecule has 0 aliphatic carbocycles. The van der Waals surface area contributed by atoms with Crippen LogP contribution in [0.5, 0.6) is 0 Å². The van der Waals surface area contributed by atoms with Crippen LogP contribution in [0.2, 0.25) is 5.02 Å². The molecule has 94 valence electrons. The van der Waals surface area contributed by atoms with Crippen LogP contribution in [0.3, 0.4) is 0 Å². The molecule has 5 nitrogen and oxygen atoms in total. The fourth-order valence-corrected chi connectivity index (χ4v) is 2.02. The van der Waals surface area contributed by atoms with Gasteiger partial charge in [-0.05, 0) is 24.3 Å². The number of carbonyl (C=O) groups excluding carboxylic acids is 1. The Hall–Kier alpha value is -2.40. The van der Waals surface area contributed by atoms with E-state index in [9.17, 15) is 4.79 Å². The van der Waals surface area contributed by atoms with Crippen molar-refractivity contribution in [2.75, 3.05) is 5.32 Å². The molecule has 0 saturated heterocycles. The molecule has 1 N–H and O–H groups in total. The summed E-state index contributed by atoms with van der Waals surface area (Å²) in [6, 6.07) is 6.83. The van der Waals surface area contributed by atoms with E-state index in [1.807, 2.05) is 6.07 Å². The fourth-order valence-electron chi connectivity index (χ4n) is 1.81. The van der Waals surface area contributed by atoms with Crippen molar-refractivity contribution in [3.63, 3.8) is 0 Å². The molecule has 0 radical (unpaired) electrons. The maximum atomic E-state index is 12.0. The van der Waals surface area contributed by atoms with Crippen LogP contribution in [0.1, 0.15) is 0 Å². The SMILES string of the molecule is O=C(Nc1ccc(Cl)c2ncccc12)n1ccnc1. The summed E-state index contributed by atoms with van der Waals surface area (Å²) in [6.07, 6.45) is 6.22. The number of imidazole rings is 1. The number of rotatable bonds is 1. The van der Waals surface area contributed by atoms with Crippen molar-refractivity contribution in [1.29, 1.82) is 0 Å². The van der Waals surface area contributed by atoms with Crippen molar-refractivity contribution < 1.29 is 4.79 Å². The lowest BCUT2D eigenvalue weighted by atomic mass is 10.2. The van der Waals surface area contributed by atoms with Crippen molar-refractivity contribution in [1.82, 2.24) is 14.5 Å². The topological polar surface area (TPSA) is 59.8 Å². The molecule has 1 amide bonds. The number of halogens is 1. The van der Waals surface area contributed by atoms with Crippen molar-refractivity contribution in [2.24, 2.45) is 0 Å². The predicted octanol–water partition coefficient (Wildman–Crippen LogP) is 3.16. The molecule has 0 aliphatic heterocycles. The van der Waals surface area contributed by atoms with Gasteiger partial charge in [-0.2, -0.15) is 0 Å². The van der Waals surface area contributed by atoms with Crippen LogP contribution in [-0.4, -0.2) is 20.6 Å². The third kappa shape index (κ3) is 2.15. The van der Waals surface area contributed by atoms with E-state index in [4.69, 9.17) is 11.6 Å². The highest BCUT2D eigenvalue weighted by Crippen LogP contribution is 2.27. The quantitative estimate of drug-likeness (QED) is 0.740. The zero-order valence-electron chi connectivity index (χ0n) is 9.75. The molecule has 0 spiro atoms. The van der Waals surface area contributed by atoms with E-state index in [0.717, 1.165) is 5.39 Å². The first-order valence-corrected chi connectivity index (χ1v) is 5.96. The van der Waals surface area contributed by atoms with Gasteiger partial charge in [-0.25, -0.2) is 9.78 Å². The van der Waals surface area contributed by atoms with Crippen LogP contribution in [0, 0.1) is 0 Å². The van der Waals surface area contributed by atoms with Gasteiger partial charge in [0, 0.05) is 24.0 Å². The molecular formula is C13H9ClN4O. The molecule has 1 aromatic carbocycles. The third-order valence-electron chi connectivity index (χ3n) is 2.70. The molecule has 0 aliphatic rings. The first-order valence-electron chi connectivity index (χ1n) is 5.58. The number of anilines is 1. The minimum atomic E-state index is -0.287. The number of hydrogen-bond donors (Lipinski definition) is 1. The highest BCUT2D eigenvalue weighted by atomic mass is 35.5. The average Bonchev–Trinajstić information content (AvgIpc) is 2.96. The van der Waals surface area contributed by atoms with Crippen molar-refractivity contribution in [3.8, 4) is 0 Å². The van der Waals surface area contributed by atoms with Crippen LogP contribution < -0.4 is 5.32 Å². The monoisotopic (exact) mass is 272 g/mol. The zero-order chi connectivity index (χ0) is 13.2. The van der Waals surface area contributed by atoms with Gasteiger partial charge in [0.15, 0.2) is 0 Å². The minimum Gasteiger partial charge on any atom is -0.307 e. The second-order valence-electron chi connectivity index (χ2n) is 3.89. The van der Waals surface area contributed by atoms with Gasteiger partial charge in [0.25, 0.3) is 0 Å². The number of carbonyl (C=O) groups is 1. The highest BCUT2D eigenvalue weighted by Gasteiger charge is 2.09.